The summed E-state index contributed by atoms with van der Waals surface area (Å²) in [5, 5.41) is 70.0. The molecule has 0 spiro atoms. The van der Waals surface area contributed by atoms with E-state index in [9.17, 15) is 0 Å². The standard InChI is InChI=1S/2C12H4N4.C7H10NO/c2*13-5-11(6-14)9-1-2-10(4-3-9)12(7-15)8-16;1-2-9-8-6-4-3-5-7-8/h2*1-4H;3-7H,2H2,1H3/q;-1;+1. The van der Waals surface area contributed by atoms with Gasteiger partial charge < -0.3 is 5.41 Å². The maximum absolute atomic E-state index is 8.63. The third-order valence-electron chi connectivity index (χ3n) is 4.79. The summed E-state index contributed by atoms with van der Waals surface area (Å²) >= 11 is 0. The largest absolute Gasteiger partial charge is 0.762 e. The molecular weight excluding hydrogens is 514 g/mol. The number of rotatable bonds is 3. The predicted molar refractivity (Wildman–Crippen MR) is 146 cm³/mol. The maximum Gasteiger partial charge on any atom is 0.222 e. The van der Waals surface area contributed by atoms with Crippen LogP contribution in [0, 0.1) is 85.2 Å². The fraction of sp³-hybridized carbons (Fsp3) is 0.0645. The lowest BCUT2D eigenvalue weighted by Gasteiger charge is -2.09. The van der Waals surface area contributed by atoms with Gasteiger partial charge in [0, 0.05) is 32.9 Å². The molecule has 41 heavy (non-hydrogen) atoms. The molecule has 1 aliphatic carbocycles. The SMILES string of the molecule is CCO[n+]1ccccc1.N#CC(=C=[N-])[C]1C=CC(=C(C#N)C#N)C=C1.N#CC(C#N)=c1ccc(=C(C#N)C#N)cc1. The Labute approximate surface area is 237 Å². The van der Waals surface area contributed by atoms with Crippen molar-refractivity contribution < 1.29 is 9.57 Å². The zero-order valence-electron chi connectivity index (χ0n) is 21.6. The quantitative estimate of drug-likeness (QED) is 0.325. The Morgan fingerprint density at radius 2 is 1.10 bits per heavy atom. The van der Waals surface area contributed by atoms with Crippen LogP contribution < -0.4 is 20.0 Å². The van der Waals surface area contributed by atoms with E-state index >= 15 is 0 Å². The van der Waals surface area contributed by atoms with Crippen molar-refractivity contribution in [3.63, 3.8) is 0 Å². The minimum atomic E-state index is 0.00187. The number of hydrogen-bond acceptors (Lipinski definition) is 8. The Bertz CT molecular complexity index is 1680. The molecule has 1 aromatic heterocycles. The summed E-state index contributed by atoms with van der Waals surface area (Å²) in [4.78, 5) is 5.12. The Balaban J connectivity index is 0.000000320. The third kappa shape index (κ3) is 10.1. The molecule has 0 N–H and O–H groups in total. The second-order valence-corrected chi connectivity index (χ2v) is 7.20. The van der Waals surface area contributed by atoms with Crippen LogP contribution in [0.4, 0.5) is 0 Å². The third-order valence-corrected chi connectivity index (χ3v) is 4.79. The van der Waals surface area contributed by atoms with E-state index in [0.717, 1.165) is 0 Å². The van der Waals surface area contributed by atoms with Crippen molar-refractivity contribution in [2.24, 2.45) is 0 Å². The van der Waals surface area contributed by atoms with E-state index in [0.29, 0.717) is 28.5 Å². The summed E-state index contributed by atoms with van der Waals surface area (Å²) in [6.07, 6.45) is 9.86. The maximum atomic E-state index is 8.63. The van der Waals surface area contributed by atoms with Crippen LogP contribution in [0.2, 0.25) is 0 Å². The van der Waals surface area contributed by atoms with Crippen molar-refractivity contribution in [2.45, 2.75) is 6.92 Å². The van der Waals surface area contributed by atoms with Crippen LogP contribution in [-0.2, 0) is 0 Å². The first-order valence-electron chi connectivity index (χ1n) is 11.5. The Hall–Kier alpha value is -6.99. The number of nitriles is 7. The van der Waals surface area contributed by atoms with Gasteiger partial charge in [0.05, 0.1) is 11.5 Å². The zero-order valence-corrected chi connectivity index (χ0v) is 21.6. The minimum absolute atomic E-state index is 0.00187. The van der Waals surface area contributed by atoms with Crippen LogP contribution in [-0.4, -0.2) is 12.5 Å². The monoisotopic (exact) mass is 532 g/mol. The number of pyridine rings is 1. The summed E-state index contributed by atoms with van der Waals surface area (Å²) in [7, 11) is 0. The first-order valence-corrected chi connectivity index (χ1v) is 11.5. The molecule has 0 amide bonds. The van der Waals surface area contributed by atoms with E-state index in [2.05, 4.69) is 0 Å². The smallest absolute Gasteiger partial charge is 0.222 e. The summed E-state index contributed by atoms with van der Waals surface area (Å²) in [6.45, 7) is 2.66. The number of benzene rings is 1. The van der Waals surface area contributed by atoms with E-state index in [-0.39, 0.29) is 22.3 Å². The Morgan fingerprint density at radius 3 is 1.44 bits per heavy atom. The molecule has 0 unspecified atom stereocenters. The van der Waals surface area contributed by atoms with Gasteiger partial charge >= 0.3 is 0 Å². The normalized spacial score (nSPS) is 10.1. The van der Waals surface area contributed by atoms with Gasteiger partial charge in [0.1, 0.15) is 59.2 Å². The molecule has 10 heteroatoms. The van der Waals surface area contributed by atoms with Crippen LogP contribution in [0.25, 0.3) is 16.6 Å². The second kappa shape index (κ2) is 18.3. The van der Waals surface area contributed by atoms with Gasteiger partial charge in [0.2, 0.25) is 12.4 Å². The van der Waals surface area contributed by atoms with E-state index in [1.165, 1.54) is 48.6 Å². The summed E-state index contributed by atoms with van der Waals surface area (Å²) < 4.78 is 1.68. The van der Waals surface area contributed by atoms with Crippen LogP contribution in [0.15, 0.2) is 95.9 Å². The Morgan fingerprint density at radius 1 is 0.659 bits per heavy atom. The van der Waals surface area contributed by atoms with Gasteiger partial charge in [-0.1, -0.05) is 54.6 Å². The van der Waals surface area contributed by atoms with Crippen molar-refractivity contribution in [2.75, 3.05) is 6.61 Å². The molecule has 0 fully saturated rings. The van der Waals surface area contributed by atoms with Crippen LogP contribution >= 0.6 is 0 Å². The predicted octanol–water partition coefficient (Wildman–Crippen LogP) is 2.22. The van der Waals surface area contributed by atoms with Crippen molar-refractivity contribution in [3.05, 3.63) is 118 Å². The molecule has 1 radical (unpaired) electrons. The van der Waals surface area contributed by atoms with Crippen molar-refractivity contribution >= 4 is 17.0 Å². The summed E-state index contributed by atoms with van der Waals surface area (Å²) in [5.74, 6) is 2.24. The Kier molecular flexibility index (Phi) is 14.3. The zero-order chi connectivity index (χ0) is 30.5. The van der Waals surface area contributed by atoms with Gasteiger partial charge in [-0.25, -0.2) is 0 Å². The highest BCUT2D eigenvalue weighted by atomic mass is 16.7. The topological polar surface area (TPSA) is 202 Å². The molecule has 0 atom stereocenters. The van der Waals surface area contributed by atoms with E-state index in [4.69, 9.17) is 47.1 Å². The van der Waals surface area contributed by atoms with Crippen LogP contribution in [0.3, 0.4) is 0 Å². The molecule has 0 saturated carbocycles. The number of aromatic nitrogens is 1. The minimum Gasteiger partial charge on any atom is -0.762 e. The molecule has 3 rings (SSSR count). The average Bonchev–Trinajstić information content (AvgIpc) is 3.02. The molecule has 0 saturated heterocycles. The molecule has 1 heterocycles. The highest BCUT2D eigenvalue weighted by molar-refractivity contribution is 5.76. The fourth-order valence-electron chi connectivity index (χ4n) is 2.84. The van der Waals surface area contributed by atoms with Crippen LogP contribution in [0.5, 0.6) is 0 Å². The van der Waals surface area contributed by atoms with Gasteiger partial charge in [-0.05, 0) is 6.92 Å². The van der Waals surface area contributed by atoms with Crippen molar-refractivity contribution in [3.8, 4) is 42.5 Å². The lowest BCUT2D eigenvalue weighted by Crippen LogP contribution is -2.41. The first kappa shape index (κ1) is 32.0. The number of nitrogens with zero attached hydrogens (tertiary/aromatic N) is 9. The lowest BCUT2D eigenvalue weighted by molar-refractivity contribution is -0.890. The molecule has 1 aromatic carbocycles. The number of hydrogen-bond donors (Lipinski definition) is 0. The van der Waals surface area contributed by atoms with Crippen molar-refractivity contribution in [1.29, 1.82) is 36.8 Å². The summed E-state index contributed by atoms with van der Waals surface area (Å²) in [6, 6.07) is 24.3. The summed E-state index contributed by atoms with van der Waals surface area (Å²) in [5.41, 5.74) is 0.483. The van der Waals surface area contributed by atoms with Gasteiger partial charge in [-0.2, -0.15) is 36.8 Å². The average molecular weight is 533 g/mol. The van der Waals surface area contributed by atoms with E-state index in [1.807, 2.05) is 37.5 Å². The number of allylic oxidation sites excluding steroid dienone is 7. The van der Waals surface area contributed by atoms with Crippen molar-refractivity contribution in [1.82, 2.24) is 0 Å². The highest BCUT2D eigenvalue weighted by Crippen LogP contribution is 2.22. The highest BCUT2D eigenvalue weighted by Gasteiger charge is 2.12. The van der Waals surface area contributed by atoms with E-state index in [1.54, 1.807) is 53.1 Å². The molecule has 1 aliphatic rings. The van der Waals surface area contributed by atoms with Crippen LogP contribution in [0.1, 0.15) is 6.92 Å². The molecular formula is C31H18N9O. The first-order chi connectivity index (χ1) is 20.0. The van der Waals surface area contributed by atoms with Gasteiger partial charge in [-0.15, -0.1) is 0 Å². The molecule has 0 bridgehead atoms. The van der Waals surface area contributed by atoms with Gasteiger partial charge in [0.25, 0.3) is 0 Å². The molecule has 193 valence electrons. The van der Waals surface area contributed by atoms with Gasteiger partial charge in [-0.3, -0.25) is 10.7 Å². The molecule has 10 nitrogen and oxygen atoms in total. The van der Waals surface area contributed by atoms with E-state index < -0.39 is 0 Å². The van der Waals surface area contributed by atoms with Gasteiger partial charge in [0.15, 0.2) is 6.61 Å². The molecule has 2 aromatic rings. The lowest BCUT2D eigenvalue weighted by atomic mass is 9.93. The second-order valence-electron chi connectivity index (χ2n) is 7.20. The molecule has 0 aliphatic heterocycles. The fourth-order valence-corrected chi connectivity index (χ4v) is 2.84.